The zero-order valence-electron chi connectivity index (χ0n) is 14.7. The molecule has 0 saturated carbocycles. The van der Waals surface area contributed by atoms with E-state index in [0.29, 0.717) is 22.7 Å². The zero-order valence-corrected chi connectivity index (χ0v) is 15.6. The molecule has 1 aromatic carbocycles. The quantitative estimate of drug-likeness (QED) is 0.644. The van der Waals surface area contributed by atoms with Crippen LogP contribution < -0.4 is 9.64 Å². The van der Waals surface area contributed by atoms with E-state index in [1.807, 2.05) is 18.3 Å². The second-order valence-electron chi connectivity index (χ2n) is 6.36. The normalized spacial score (nSPS) is 14.9. The number of oxazole rings is 1. The molecule has 0 aliphatic carbocycles. The van der Waals surface area contributed by atoms with Crippen LogP contribution in [0.3, 0.4) is 0 Å². The molecule has 0 unspecified atom stereocenters. The second-order valence-corrected chi connectivity index (χ2v) is 7.40. The van der Waals surface area contributed by atoms with Crippen LogP contribution in [-0.4, -0.2) is 52.6 Å². The van der Waals surface area contributed by atoms with Crippen LogP contribution >= 0.6 is 11.3 Å². The number of hydrogen-bond donors (Lipinski definition) is 2. The number of nitrogens with zero attached hydrogens (tertiary/aromatic N) is 3. The number of benzene rings is 1. The number of aliphatic hydroxyl groups excluding tert-OH is 2. The standard InChI is InChI=1S/C19H21N3O4S/c23-11-14(12-24)25-13-3-5-16-17(9-13)26-18(21-16)6-4-15-10-20-19(27-15)22-7-1-2-8-22/h3-6,9-10,14,23-24H,1-2,7-8,11-12H2. The van der Waals surface area contributed by atoms with Crippen molar-refractivity contribution in [1.29, 1.82) is 0 Å². The van der Waals surface area contributed by atoms with Gasteiger partial charge in [0.1, 0.15) is 17.4 Å². The molecular weight excluding hydrogens is 366 g/mol. The number of anilines is 1. The first-order valence-corrected chi connectivity index (χ1v) is 9.74. The number of thiazole rings is 1. The Labute approximate surface area is 160 Å². The number of aliphatic hydroxyl groups is 2. The minimum absolute atomic E-state index is 0.257. The first kappa shape index (κ1) is 18.0. The number of rotatable bonds is 7. The van der Waals surface area contributed by atoms with Gasteiger partial charge in [-0.05, 0) is 31.1 Å². The molecule has 0 atom stereocenters. The molecule has 142 valence electrons. The highest BCUT2D eigenvalue weighted by Gasteiger charge is 2.15. The largest absolute Gasteiger partial charge is 0.485 e. The summed E-state index contributed by atoms with van der Waals surface area (Å²) in [6.07, 6.45) is 7.46. The maximum Gasteiger partial charge on any atom is 0.220 e. The number of aromatic nitrogens is 2. The molecule has 2 N–H and O–H groups in total. The Morgan fingerprint density at radius 3 is 2.81 bits per heavy atom. The Morgan fingerprint density at radius 1 is 1.22 bits per heavy atom. The zero-order chi connectivity index (χ0) is 18.6. The van der Waals surface area contributed by atoms with Gasteiger partial charge in [0.15, 0.2) is 10.7 Å². The van der Waals surface area contributed by atoms with Crippen LogP contribution in [-0.2, 0) is 0 Å². The van der Waals surface area contributed by atoms with Crippen molar-refractivity contribution in [1.82, 2.24) is 9.97 Å². The molecule has 1 saturated heterocycles. The van der Waals surface area contributed by atoms with E-state index < -0.39 is 6.10 Å². The third kappa shape index (κ3) is 4.13. The van der Waals surface area contributed by atoms with Gasteiger partial charge in [0, 0.05) is 36.3 Å². The molecule has 1 fully saturated rings. The average molecular weight is 387 g/mol. The van der Waals surface area contributed by atoms with Crippen LogP contribution in [0.25, 0.3) is 23.3 Å². The molecule has 1 aliphatic rings. The molecule has 8 heteroatoms. The molecule has 0 spiro atoms. The third-order valence-corrected chi connectivity index (χ3v) is 5.39. The van der Waals surface area contributed by atoms with Gasteiger partial charge in [0.05, 0.1) is 13.2 Å². The monoisotopic (exact) mass is 387 g/mol. The summed E-state index contributed by atoms with van der Waals surface area (Å²) in [6, 6.07) is 5.23. The van der Waals surface area contributed by atoms with Crippen molar-refractivity contribution in [2.75, 3.05) is 31.2 Å². The summed E-state index contributed by atoms with van der Waals surface area (Å²) >= 11 is 1.66. The highest BCUT2D eigenvalue weighted by Crippen LogP contribution is 2.28. The van der Waals surface area contributed by atoms with Gasteiger partial charge in [-0.25, -0.2) is 9.97 Å². The molecule has 2 aromatic heterocycles. The highest BCUT2D eigenvalue weighted by molar-refractivity contribution is 7.16. The summed E-state index contributed by atoms with van der Waals surface area (Å²) in [5.74, 6) is 1.01. The summed E-state index contributed by atoms with van der Waals surface area (Å²) in [5, 5.41) is 19.3. The average Bonchev–Trinajstić information content (AvgIpc) is 3.43. The fourth-order valence-corrected chi connectivity index (χ4v) is 3.82. The molecule has 3 aromatic rings. The minimum atomic E-state index is -0.652. The van der Waals surface area contributed by atoms with Crippen molar-refractivity contribution in [3.05, 3.63) is 35.2 Å². The van der Waals surface area contributed by atoms with Gasteiger partial charge in [-0.15, -0.1) is 0 Å². The Balaban J connectivity index is 1.48. The number of ether oxygens (including phenoxy) is 1. The van der Waals surface area contributed by atoms with Gasteiger partial charge in [0.25, 0.3) is 0 Å². The van der Waals surface area contributed by atoms with Crippen LogP contribution in [0.15, 0.2) is 28.8 Å². The minimum Gasteiger partial charge on any atom is -0.485 e. The van der Waals surface area contributed by atoms with Crippen LogP contribution in [0.2, 0.25) is 0 Å². The van der Waals surface area contributed by atoms with Crippen molar-refractivity contribution < 1.29 is 19.4 Å². The van der Waals surface area contributed by atoms with Crippen molar-refractivity contribution in [3.63, 3.8) is 0 Å². The van der Waals surface area contributed by atoms with Gasteiger partial charge < -0.3 is 24.3 Å². The van der Waals surface area contributed by atoms with Gasteiger partial charge in [-0.3, -0.25) is 0 Å². The number of hydrogen-bond acceptors (Lipinski definition) is 8. The molecule has 4 rings (SSSR count). The smallest absolute Gasteiger partial charge is 0.220 e. The van der Waals surface area contributed by atoms with E-state index in [0.717, 1.165) is 23.1 Å². The lowest BCUT2D eigenvalue weighted by Gasteiger charge is -2.13. The predicted molar refractivity (Wildman–Crippen MR) is 105 cm³/mol. The molecular formula is C19H21N3O4S. The predicted octanol–water partition coefficient (Wildman–Crippen LogP) is 2.79. The maximum absolute atomic E-state index is 9.12. The summed E-state index contributed by atoms with van der Waals surface area (Å²) in [7, 11) is 0. The Hall–Kier alpha value is -2.42. The molecule has 1 aliphatic heterocycles. The van der Waals surface area contributed by atoms with Gasteiger partial charge in [-0.1, -0.05) is 11.3 Å². The topological polar surface area (TPSA) is 91.8 Å². The lowest BCUT2D eigenvalue weighted by atomic mass is 10.3. The Kier molecular flexibility index (Phi) is 5.38. The SMILES string of the molecule is OCC(CO)Oc1ccc2nc(C=Cc3cnc(N4CCCC4)s3)oc2c1. The highest BCUT2D eigenvalue weighted by atomic mass is 32.1. The van der Waals surface area contributed by atoms with Crippen LogP contribution in [0.5, 0.6) is 5.75 Å². The van der Waals surface area contributed by atoms with Crippen LogP contribution in [0, 0.1) is 0 Å². The van der Waals surface area contributed by atoms with E-state index in [4.69, 9.17) is 19.4 Å². The lowest BCUT2D eigenvalue weighted by molar-refractivity contribution is 0.0630. The first-order chi connectivity index (χ1) is 13.2. The summed E-state index contributed by atoms with van der Waals surface area (Å²) in [6.45, 7) is 1.65. The van der Waals surface area contributed by atoms with Gasteiger partial charge >= 0.3 is 0 Å². The fraction of sp³-hybridized carbons (Fsp3) is 0.368. The molecule has 27 heavy (non-hydrogen) atoms. The first-order valence-electron chi connectivity index (χ1n) is 8.93. The maximum atomic E-state index is 9.12. The van der Waals surface area contributed by atoms with E-state index >= 15 is 0 Å². The molecule has 0 amide bonds. The van der Waals surface area contributed by atoms with Crippen molar-refractivity contribution in [3.8, 4) is 5.75 Å². The van der Waals surface area contributed by atoms with E-state index in [-0.39, 0.29) is 13.2 Å². The van der Waals surface area contributed by atoms with Crippen LogP contribution in [0.4, 0.5) is 5.13 Å². The van der Waals surface area contributed by atoms with E-state index in [9.17, 15) is 0 Å². The fourth-order valence-electron chi connectivity index (χ4n) is 2.95. The Morgan fingerprint density at radius 2 is 2.04 bits per heavy atom. The summed E-state index contributed by atoms with van der Waals surface area (Å²) in [5.41, 5.74) is 1.30. The second kappa shape index (κ2) is 8.08. The molecule has 0 bridgehead atoms. The van der Waals surface area contributed by atoms with Gasteiger partial charge in [0.2, 0.25) is 5.89 Å². The third-order valence-electron chi connectivity index (χ3n) is 4.36. The summed E-state index contributed by atoms with van der Waals surface area (Å²) in [4.78, 5) is 12.3. The van der Waals surface area contributed by atoms with Crippen molar-refractivity contribution >= 4 is 39.7 Å². The van der Waals surface area contributed by atoms with Crippen molar-refractivity contribution in [2.24, 2.45) is 0 Å². The summed E-state index contributed by atoms with van der Waals surface area (Å²) < 4.78 is 11.3. The molecule has 0 radical (unpaired) electrons. The number of fused-ring (bicyclic) bond motifs is 1. The van der Waals surface area contributed by atoms with Gasteiger partial charge in [-0.2, -0.15) is 0 Å². The molecule has 7 nitrogen and oxygen atoms in total. The van der Waals surface area contributed by atoms with E-state index in [1.54, 1.807) is 29.5 Å². The van der Waals surface area contributed by atoms with Crippen LogP contribution in [0.1, 0.15) is 23.6 Å². The van der Waals surface area contributed by atoms with E-state index in [1.165, 1.54) is 12.8 Å². The molecule has 3 heterocycles. The lowest BCUT2D eigenvalue weighted by Crippen LogP contribution is -2.25. The van der Waals surface area contributed by atoms with E-state index in [2.05, 4.69) is 14.9 Å². The van der Waals surface area contributed by atoms with Crippen molar-refractivity contribution in [2.45, 2.75) is 18.9 Å². The Bertz CT molecular complexity index is 926.